The summed E-state index contributed by atoms with van der Waals surface area (Å²) in [5.74, 6) is 2.31. The Hall–Kier alpha value is -4.62. The van der Waals surface area contributed by atoms with E-state index in [1.54, 1.807) is 36.4 Å². The lowest BCUT2D eigenvalue weighted by Gasteiger charge is -2.13. The number of carbonyl (C=O) groups is 2. The fraction of sp³-hybridized carbons (Fsp3) is 0.0435. The van der Waals surface area contributed by atoms with Gasteiger partial charge in [-0.3, -0.25) is 9.59 Å². The Kier molecular flexibility index (Phi) is 6.07. The molecule has 7 heteroatoms. The third-order valence-electron chi connectivity index (χ3n) is 4.17. The summed E-state index contributed by atoms with van der Waals surface area (Å²) < 4.78 is 5.19. The van der Waals surface area contributed by atoms with Crippen molar-refractivity contribution in [2.24, 2.45) is 0 Å². The Morgan fingerprint density at radius 3 is 2.33 bits per heavy atom. The second-order valence-corrected chi connectivity index (χ2v) is 6.09. The zero-order chi connectivity index (χ0) is 21.5. The lowest BCUT2D eigenvalue weighted by molar-refractivity contribution is 0.102. The van der Waals surface area contributed by atoms with Gasteiger partial charge in [0.25, 0.3) is 11.8 Å². The highest BCUT2D eigenvalue weighted by atomic mass is 16.5. The van der Waals surface area contributed by atoms with Gasteiger partial charge in [0.05, 0.1) is 30.0 Å². The molecule has 0 saturated carbocycles. The van der Waals surface area contributed by atoms with Crippen LogP contribution >= 0.6 is 0 Å². The van der Waals surface area contributed by atoms with Crippen LogP contribution in [0.2, 0.25) is 0 Å². The maximum atomic E-state index is 12.8. The van der Waals surface area contributed by atoms with E-state index in [2.05, 4.69) is 21.5 Å². The van der Waals surface area contributed by atoms with Gasteiger partial charge in [0.1, 0.15) is 11.6 Å². The summed E-state index contributed by atoms with van der Waals surface area (Å²) in [7, 11) is 1.48. The first-order valence-electron chi connectivity index (χ1n) is 8.77. The summed E-state index contributed by atoms with van der Waals surface area (Å²) in [6, 6.07) is 16.1. The summed E-state index contributed by atoms with van der Waals surface area (Å²) in [4.78, 5) is 29.5. The van der Waals surface area contributed by atoms with Crippen molar-refractivity contribution < 1.29 is 14.3 Å². The van der Waals surface area contributed by atoms with Crippen molar-refractivity contribution in [3.8, 4) is 24.2 Å². The van der Waals surface area contributed by atoms with Gasteiger partial charge >= 0.3 is 0 Å². The van der Waals surface area contributed by atoms with Crippen molar-refractivity contribution in [2.75, 3.05) is 17.7 Å². The number of anilines is 2. The standard InChI is InChI=1S/C23H16N4O3/c1-3-15-6-11-21(25-14-15)27-23(29)19-12-18(30-2)9-10-20(19)26-22(28)17-7-4-16(13-24)5-8-17/h1,4-12,14H,2H3,(H,26,28)(H,25,27,29). The molecule has 0 saturated heterocycles. The summed E-state index contributed by atoms with van der Waals surface area (Å²) >= 11 is 0. The molecule has 0 aliphatic rings. The second-order valence-electron chi connectivity index (χ2n) is 6.09. The minimum atomic E-state index is -0.481. The Morgan fingerprint density at radius 1 is 1.00 bits per heavy atom. The van der Waals surface area contributed by atoms with Gasteiger partial charge in [-0.15, -0.1) is 6.42 Å². The average molecular weight is 396 g/mol. The average Bonchev–Trinajstić information content (AvgIpc) is 2.79. The molecule has 1 heterocycles. The molecular formula is C23H16N4O3. The zero-order valence-corrected chi connectivity index (χ0v) is 16.0. The Morgan fingerprint density at radius 2 is 1.73 bits per heavy atom. The third kappa shape index (κ3) is 4.61. The second kappa shape index (κ2) is 9.05. The highest BCUT2D eigenvalue weighted by molar-refractivity contribution is 6.12. The highest BCUT2D eigenvalue weighted by Gasteiger charge is 2.16. The van der Waals surface area contributed by atoms with E-state index in [0.29, 0.717) is 33.9 Å². The summed E-state index contributed by atoms with van der Waals surface area (Å²) in [6.45, 7) is 0. The van der Waals surface area contributed by atoms with Crippen LogP contribution in [0, 0.1) is 23.7 Å². The molecule has 3 aromatic rings. The van der Waals surface area contributed by atoms with E-state index in [9.17, 15) is 9.59 Å². The summed E-state index contributed by atoms with van der Waals surface area (Å²) in [5.41, 5.74) is 1.87. The van der Waals surface area contributed by atoms with Crippen LogP contribution in [0.4, 0.5) is 11.5 Å². The number of hydrogen-bond donors (Lipinski definition) is 2. The first-order chi connectivity index (χ1) is 14.5. The number of nitrogens with one attached hydrogen (secondary N) is 2. The predicted octanol–water partition coefficient (Wildman–Crippen LogP) is 3.45. The minimum absolute atomic E-state index is 0.194. The van der Waals surface area contributed by atoms with Gasteiger partial charge in [0.15, 0.2) is 0 Å². The zero-order valence-electron chi connectivity index (χ0n) is 16.0. The molecule has 2 N–H and O–H groups in total. The third-order valence-corrected chi connectivity index (χ3v) is 4.17. The van der Waals surface area contributed by atoms with Crippen molar-refractivity contribution >= 4 is 23.3 Å². The van der Waals surface area contributed by atoms with Crippen LogP contribution in [-0.2, 0) is 0 Å². The number of nitrogens with zero attached hydrogens (tertiary/aromatic N) is 2. The van der Waals surface area contributed by atoms with E-state index in [0.717, 1.165) is 0 Å². The monoisotopic (exact) mass is 396 g/mol. The van der Waals surface area contributed by atoms with E-state index in [1.807, 2.05) is 6.07 Å². The maximum Gasteiger partial charge on any atom is 0.259 e. The Labute approximate surface area is 173 Å². The molecule has 0 bridgehead atoms. The first kappa shape index (κ1) is 20.1. The molecular weight excluding hydrogens is 380 g/mol. The van der Waals surface area contributed by atoms with E-state index in [-0.39, 0.29) is 5.56 Å². The highest BCUT2D eigenvalue weighted by Crippen LogP contribution is 2.24. The van der Waals surface area contributed by atoms with Crippen molar-refractivity contribution in [3.63, 3.8) is 0 Å². The van der Waals surface area contributed by atoms with Crippen molar-refractivity contribution in [3.05, 3.63) is 83.0 Å². The topological polar surface area (TPSA) is 104 Å². The van der Waals surface area contributed by atoms with Crippen LogP contribution in [0.5, 0.6) is 5.75 Å². The molecule has 0 aliphatic heterocycles. The number of amides is 2. The van der Waals surface area contributed by atoms with Gasteiger partial charge < -0.3 is 15.4 Å². The molecule has 2 aromatic carbocycles. The number of aromatic nitrogens is 1. The van der Waals surface area contributed by atoms with Crippen LogP contribution in [-0.4, -0.2) is 23.9 Å². The molecule has 1 aromatic heterocycles. The van der Waals surface area contributed by atoms with Crippen LogP contribution < -0.4 is 15.4 Å². The van der Waals surface area contributed by atoms with E-state index >= 15 is 0 Å². The van der Waals surface area contributed by atoms with E-state index < -0.39 is 11.8 Å². The molecule has 0 fully saturated rings. The molecule has 7 nitrogen and oxygen atoms in total. The SMILES string of the molecule is C#Cc1ccc(NC(=O)c2cc(OC)ccc2NC(=O)c2ccc(C#N)cc2)nc1. The number of carbonyl (C=O) groups excluding carboxylic acids is 2. The fourth-order valence-electron chi connectivity index (χ4n) is 2.57. The number of ether oxygens (including phenoxy) is 1. The summed E-state index contributed by atoms with van der Waals surface area (Å²) in [6.07, 6.45) is 6.77. The van der Waals surface area contributed by atoms with Gasteiger partial charge in [-0.25, -0.2) is 4.98 Å². The molecule has 3 rings (SSSR count). The van der Waals surface area contributed by atoms with Gasteiger partial charge in [0.2, 0.25) is 0 Å². The molecule has 2 amide bonds. The van der Waals surface area contributed by atoms with Crippen molar-refractivity contribution in [1.82, 2.24) is 4.98 Å². The minimum Gasteiger partial charge on any atom is -0.497 e. The van der Waals surface area contributed by atoms with Crippen LogP contribution in [0.1, 0.15) is 31.8 Å². The van der Waals surface area contributed by atoms with Crippen molar-refractivity contribution in [2.45, 2.75) is 0 Å². The van der Waals surface area contributed by atoms with E-state index in [4.69, 9.17) is 16.4 Å². The van der Waals surface area contributed by atoms with Gasteiger partial charge in [0, 0.05) is 17.3 Å². The smallest absolute Gasteiger partial charge is 0.259 e. The number of benzene rings is 2. The molecule has 146 valence electrons. The van der Waals surface area contributed by atoms with Crippen LogP contribution in [0.15, 0.2) is 60.8 Å². The first-order valence-corrected chi connectivity index (χ1v) is 8.77. The predicted molar refractivity (Wildman–Crippen MR) is 112 cm³/mol. The number of pyridine rings is 1. The molecule has 0 spiro atoms. The van der Waals surface area contributed by atoms with Crippen molar-refractivity contribution in [1.29, 1.82) is 5.26 Å². The van der Waals surface area contributed by atoms with Gasteiger partial charge in [-0.2, -0.15) is 5.26 Å². The number of methoxy groups -OCH3 is 1. The summed E-state index contributed by atoms with van der Waals surface area (Å²) in [5, 5.41) is 14.3. The number of terminal acetylenes is 1. The Balaban J connectivity index is 1.85. The Bertz CT molecular complexity index is 1170. The lowest BCUT2D eigenvalue weighted by atomic mass is 10.1. The van der Waals surface area contributed by atoms with Crippen LogP contribution in [0.3, 0.4) is 0 Å². The maximum absolute atomic E-state index is 12.8. The molecule has 0 aliphatic carbocycles. The molecule has 0 radical (unpaired) electrons. The van der Waals surface area contributed by atoms with Gasteiger partial charge in [-0.1, -0.05) is 5.92 Å². The molecule has 0 unspecified atom stereocenters. The largest absolute Gasteiger partial charge is 0.497 e. The molecule has 30 heavy (non-hydrogen) atoms. The molecule has 0 atom stereocenters. The van der Waals surface area contributed by atoms with E-state index in [1.165, 1.54) is 31.5 Å². The quantitative estimate of drug-likeness (QED) is 0.643. The normalized spacial score (nSPS) is 9.70. The lowest BCUT2D eigenvalue weighted by Crippen LogP contribution is -2.19. The number of rotatable bonds is 5. The number of hydrogen-bond acceptors (Lipinski definition) is 5. The van der Waals surface area contributed by atoms with Crippen LogP contribution in [0.25, 0.3) is 0 Å². The van der Waals surface area contributed by atoms with Gasteiger partial charge in [-0.05, 0) is 54.6 Å². The fourth-order valence-corrected chi connectivity index (χ4v) is 2.57. The number of nitriles is 1.